The number of hydrogen-bond acceptors (Lipinski definition) is 2. The van der Waals surface area contributed by atoms with Gasteiger partial charge in [-0.3, -0.25) is 4.79 Å². The lowest BCUT2D eigenvalue weighted by atomic mass is 10.2. The summed E-state index contributed by atoms with van der Waals surface area (Å²) in [5.74, 6) is -0.566. The molecule has 0 radical (unpaired) electrons. The fourth-order valence-corrected chi connectivity index (χ4v) is 1.87. The molecule has 2 aromatic carbocycles. The van der Waals surface area contributed by atoms with Gasteiger partial charge in [0, 0.05) is 5.69 Å². The van der Waals surface area contributed by atoms with Crippen molar-refractivity contribution in [2.24, 2.45) is 0 Å². The Morgan fingerprint density at radius 3 is 2.55 bits per heavy atom. The normalized spacial score (nSPS) is 10.2. The van der Waals surface area contributed by atoms with Gasteiger partial charge in [-0.15, -0.1) is 0 Å². The van der Waals surface area contributed by atoms with E-state index in [2.05, 4.69) is 10.6 Å². The second kappa shape index (κ2) is 6.19. The number of carbonyl (C=O) groups excluding carboxylic acids is 1. The van der Waals surface area contributed by atoms with E-state index in [-0.39, 0.29) is 18.3 Å². The average Bonchev–Trinajstić information content (AvgIpc) is 2.37. The van der Waals surface area contributed by atoms with Crippen molar-refractivity contribution in [2.75, 3.05) is 17.2 Å². The summed E-state index contributed by atoms with van der Waals surface area (Å²) in [5, 5.41) is 5.55. The molecule has 0 aliphatic carbocycles. The number of nitrogens with one attached hydrogen (secondary N) is 2. The Bertz CT molecular complexity index is 626. The van der Waals surface area contributed by atoms with Crippen LogP contribution >= 0.6 is 0 Å². The van der Waals surface area contributed by atoms with Crippen LogP contribution in [-0.2, 0) is 4.79 Å². The Labute approximate surface area is 117 Å². The van der Waals surface area contributed by atoms with Crippen molar-refractivity contribution < 1.29 is 9.18 Å². The predicted molar refractivity (Wildman–Crippen MR) is 79.4 cm³/mol. The molecule has 104 valence electrons. The molecule has 20 heavy (non-hydrogen) atoms. The number of amides is 1. The van der Waals surface area contributed by atoms with E-state index < -0.39 is 0 Å². The maximum atomic E-state index is 13.6. The summed E-state index contributed by atoms with van der Waals surface area (Å²) in [7, 11) is 0. The number of hydrogen-bond donors (Lipinski definition) is 2. The largest absolute Gasteiger partial charge is 0.374 e. The van der Waals surface area contributed by atoms with E-state index in [1.165, 1.54) is 6.07 Å². The van der Waals surface area contributed by atoms with Crippen molar-refractivity contribution in [2.45, 2.75) is 13.8 Å². The Morgan fingerprint density at radius 2 is 1.85 bits per heavy atom. The Balaban J connectivity index is 1.92. The molecule has 0 aliphatic heterocycles. The second-order valence-electron chi connectivity index (χ2n) is 4.75. The molecule has 2 rings (SSSR count). The smallest absolute Gasteiger partial charge is 0.243 e. The van der Waals surface area contributed by atoms with Crippen LogP contribution in [-0.4, -0.2) is 12.5 Å². The Morgan fingerprint density at radius 1 is 1.10 bits per heavy atom. The molecule has 0 spiro atoms. The fraction of sp³-hybridized carbons (Fsp3) is 0.188. The van der Waals surface area contributed by atoms with Crippen molar-refractivity contribution in [3.8, 4) is 0 Å². The van der Waals surface area contributed by atoms with Crippen LogP contribution in [0.25, 0.3) is 0 Å². The van der Waals surface area contributed by atoms with Gasteiger partial charge in [-0.1, -0.05) is 18.2 Å². The average molecular weight is 272 g/mol. The number of carbonyl (C=O) groups is 1. The molecule has 0 saturated carbocycles. The number of anilines is 2. The van der Waals surface area contributed by atoms with E-state index in [1.54, 1.807) is 12.1 Å². The van der Waals surface area contributed by atoms with E-state index in [4.69, 9.17) is 0 Å². The molecule has 0 heterocycles. The quantitative estimate of drug-likeness (QED) is 0.894. The maximum absolute atomic E-state index is 13.6. The molecule has 0 atom stereocenters. The number of rotatable bonds is 4. The summed E-state index contributed by atoms with van der Waals surface area (Å²) in [6, 6.07) is 12.4. The van der Waals surface area contributed by atoms with Gasteiger partial charge in [0.2, 0.25) is 5.91 Å². The summed E-state index contributed by atoms with van der Waals surface area (Å²) >= 11 is 0. The third kappa shape index (κ3) is 3.82. The van der Waals surface area contributed by atoms with Crippen LogP contribution in [0.4, 0.5) is 15.8 Å². The lowest BCUT2D eigenvalue weighted by Crippen LogP contribution is -2.22. The first-order chi connectivity index (χ1) is 9.54. The predicted octanol–water partition coefficient (Wildman–Crippen LogP) is 3.49. The second-order valence-corrected chi connectivity index (χ2v) is 4.75. The molecule has 0 aromatic heterocycles. The number of benzene rings is 2. The third-order valence-corrected chi connectivity index (χ3v) is 2.87. The van der Waals surface area contributed by atoms with Crippen LogP contribution in [0, 0.1) is 19.7 Å². The summed E-state index contributed by atoms with van der Waals surface area (Å²) < 4.78 is 13.6. The first-order valence-electron chi connectivity index (χ1n) is 6.41. The van der Waals surface area contributed by atoms with Gasteiger partial charge >= 0.3 is 0 Å². The van der Waals surface area contributed by atoms with Crippen molar-refractivity contribution in [1.29, 1.82) is 0 Å². The Hall–Kier alpha value is -2.36. The number of aryl methyl sites for hydroxylation is 2. The summed E-state index contributed by atoms with van der Waals surface area (Å²) in [4.78, 5) is 11.8. The third-order valence-electron chi connectivity index (χ3n) is 2.87. The molecule has 0 fully saturated rings. The highest BCUT2D eigenvalue weighted by Crippen LogP contribution is 2.15. The van der Waals surface area contributed by atoms with Crippen LogP contribution in [0.3, 0.4) is 0 Å². The van der Waals surface area contributed by atoms with E-state index in [1.807, 2.05) is 38.1 Å². The zero-order valence-electron chi connectivity index (χ0n) is 11.5. The van der Waals surface area contributed by atoms with Gasteiger partial charge in [-0.25, -0.2) is 4.39 Å². The molecule has 3 nitrogen and oxygen atoms in total. The van der Waals surface area contributed by atoms with Gasteiger partial charge in [0.25, 0.3) is 0 Å². The zero-order valence-corrected chi connectivity index (χ0v) is 11.5. The molecule has 0 aliphatic rings. The highest BCUT2D eigenvalue weighted by atomic mass is 19.1. The first kappa shape index (κ1) is 14.1. The fourth-order valence-electron chi connectivity index (χ4n) is 1.87. The molecule has 2 N–H and O–H groups in total. The van der Waals surface area contributed by atoms with Crippen LogP contribution in [0.15, 0.2) is 42.5 Å². The van der Waals surface area contributed by atoms with Gasteiger partial charge < -0.3 is 10.6 Å². The van der Waals surface area contributed by atoms with Crippen LogP contribution in [0.5, 0.6) is 0 Å². The lowest BCUT2D eigenvalue weighted by molar-refractivity contribution is -0.114. The van der Waals surface area contributed by atoms with Gasteiger partial charge in [-0.05, 0) is 49.2 Å². The van der Waals surface area contributed by atoms with Crippen molar-refractivity contribution in [3.05, 3.63) is 59.4 Å². The topological polar surface area (TPSA) is 41.1 Å². The molecule has 0 saturated heterocycles. The minimum absolute atomic E-state index is 0.0217. The molecule has 1 amide bonds. The minimum Gasteiger partial charge on any atom is -0.374 e. The minimum atomic E-state index is -0.353. The van der Waals surface area contributed by atoms with Gasteiger partial charge in [0.05, 0.1) is 12.2 Å². The standard InChI is InChI=1S/C16H17FN2O/c1-11-4-3-5-13(8-11)19-16(20)10-18-15-7-6-12(2)9-14(15)17/h3-9,18H,10H2,1-2H3,(H,19,20). The monoisotopic (exact) mass is 272 g/mol. The van der Waals surface area contributed by atoms with Crippen molar-refractivity contribution in [3.63, 3.8) is 0 Å². The molecule has 4 heteroatoms. The van der Waals surface area contributed by atoms with Gasteiger partial charge in [0.1, 0.15) is 5.82 Å². The molecule has 0 bridgehead atoms. The highest BCUT2D eigenvalue weighted by Gasteiger charge is 2.05. The first-order valence-corrected chi connectivity index (χ1v) is 6.41. The summed E-state index contributed by atoms with van der Waals surface area (Å²) in [6.45, 7) is 3.79. The summed E-state index contributed by atoms with van der Waals surface area (Å²) in [6.07, 6.45) is 0. The van der Waals surface area contributed by atoms with Crippen molar-refractivity contribution in [1.82, 2.24) is 0 Å². The van der Waals surface area contributed by atoms with Gasteiger partial charge in [0.15, 0.2) is 0 Å². The molecule has 2 aromatic rings. The van der Waals surface area contributed by atoms with E-state index >= 15 is 0 Å². The SMILES string of the molecule is Cc1cccc(NC(=O)CNc2ccc(C)cc2F)c1. The van der Waals surface area contributed by atoms with Crippen LogP contribution in [0.2, 0.25) is 0 Å². The van der Waals surface area contributed by atoms with Crippen LogP contribution < -0.4 is 10.6 Å². The highest BCUT2D eigenvalue weighted by molar-refractivity contribution is 5.93. The Kier molecular flexibility index (Phi) is 4.35. The van der Waals surface area contributed by atoms with Gasteiger partial charge in [-0.2, -0.15) is 0 Å². The number of halogens is 1. The summed E-state index contributed by atoms with van der Waals surface area (Å²) in [5.41, 5.74) is 2.98. The van der Waals surface area contributed by atoms with E-state index in [0.717, 1.165) is 16.8 Å². The van der Waals surface area contributed by atoms with Crippen molar-refractivity contribution >= 4 is 17.3 Å². The van der Waals surface area contributed by atoms with E-state index in [0.29, 0.717) is 5.69 Å². The van der Waals surface area contributed by atoms with Crippen LogP contribution in [0.1, 0.15) is 11.1 Å². The lowest BCUT2D eigenvalue weighted by Gasteiger charge is -2.09. The zero-order chi connectivity index (χ0) is 14.5. The van der Waals surface area contributed by atoms with E-state index in [9.17, 15) is 9.18 Å². The molecular weight excluding hydrogens is 255 g/mol. The molecular formula is C16H17FN2O. The maximum Gasteiger partial charge on any atom is 0.243 e. The molecule has 0 unspecified atom stereocenters.